The summed E-state index contributed by atoms with van der Waals surface area (Å²) < 4.78 is 28.0. The summed E-state index contributed by atoms with van der Waals surface area (Å²) >= 11 is 0. The average Bonchev–Trinajstić information content (AvgIpc) is 3.52. The normalized spacial score (nSPS) is 17.4. The van der Waals surface area contributed by atoms with E-state index in [2.05, 4.69) is 56.4 Å². The zero-order valence-corrected chi connectivity index (χ0v) is 26.7. The minimum absolute atomic E-state index is 0.309. The molecule has 234 valence electrons. The topological polar surface area (TPSA) is 60.8 Å². The Labute approximate surface area is 263 Å². The van der Waals surface area contributed by atoms with Gasteiger partial charge < -0.3 is 10.2 Å². The number of nitrogens with one attached hydrogen (secondary N) is 1. The zero-order chi connectivity index (χ0) is 30.2. The number of rotatable bonds is 13. The van der Waals surface area contributed by atoms with Crippen LogP contribution < -0.4 is 10.2 Å². The summed E-state index contributed by atoms with van der Waals surface area (Å²) in [4.78, 5) is 7.90. The third kappa shape index (κ3) is 7.54. The van der Waals surface area contributed by atoms with Crippen molar-refractivity contribution >= 4 is 26.6 Å². The Morgan fingerprint density at radius 1 is 0.682 bits per heavy atom. The summed E-state index contributed by atoms with van der Waals surface area (Å²) in [6.07, 6.45) is 9.32. The van der Waals surface area contributed by atoms with Gasteiger partial charge in [-0.3, -0.25) is 9.80 Å². The Morgan fingerprint density at radius 3 is 2.14 bits per heavy atom. The van der Waals surface area contributed by atoms with Crippen LogP contribution in [-0.4, -0.2) is 80.6 Å². The molecule has 0 amide bonds. The van der Waals surface area contributed by atoms with Crippen LogP contribution in [0, 0.1) is 0 Å². The highest BCUT2D eigenvalue weighted by molar-refractivity contribution is 7.90. The van der Waals surface area contributed by atoms with Crippen molar-refractivity contribution < 1.29 is 8.42 Å². The van der Waals surface area contributed by atoms with Gasteiger partial charge in [-0.15, -0.1) is 0 Å². The van der Waals surface area contributed by atoms with Gasteiger partial charge in [0.1, 0.15) is 0 Å². The largest absolute Gasteiger partial charge is 0.368 e. The lowest BCUT2D eigenvalue weighted by Gasteiger charge is -2.36. The van der Waals surface area contributed by atoms with E-state index < -0.39 is 10.0 Å². The molecule has 7 nitrogen and oxygen atoms in total. The van der Waals surface area contributed by atoms with Gasteiger partial charge in [-0.05, 0) is 87.8 Å². The molecule has 6 rings (SSSR count). The van der Waals surface area contributed by atoms with Crippen molar-refractivity contribution in [1.29, 1.82) is 0 Å². The number of likely N-dealkylation sites (tertiary alicyclic amines) is 1. The molecular weight excluding hydrogens is 566 g/mol. The number of benzene rings is 3. The number of hydrogen-bond donors (Lipinski definition) is 1. The van der Waals surface area contributed by atoms with Crippen molar-refractivity contribution in [3.05, 3.63) is 96.7 Å². The Bertz CT molecular complexity index is 1560. The highest BCUT2D eigenvalue weighted by Gasteiger charge is 2.23. The van der Waals surface area contributed by atoms with Gasteiger partial charge in [-0.1, -0.05) is 67.4 Å². The SMILES string of the molecule is O=S(=O)(c1ccccc1)n1ccc2c(N3CCN(CCCCCCNC4CCN(Cc5ccccc5)CC4)CC3)cccc21. The first kappa shape index (κ1) is 30.8. The van der Waals surface area contributed by atoms with E-state index in [-0.39, 0.29) is 0 Å². The smallest absolute Gasteiger partial charge is 0.268 e. The molecule has 0 spiro atoms. The van der Waals surface area contributed by atoms with Crippen LogP contribution in [0.1, 0.15) is 44.1 Å². The molecule has 0 atom stereocenters. The summed E-state index contributed by atoms with van der Waals surface area (Å²) in [6, 6.07) is 28.1. The van der Waals surface area contributed by atoms with Gasteiger partial charge in [-0.2, -0.15) is 0 Å². The maximum absolute atomic E-state index is 13.3. The van der Waals surface area contributed by atoms with Crippen molar-refractivity contribution in [2.24, 2.45) is 0 Å². The first-order chi connectivity index (χ1) is 21.6. The fourth-order valence-electron chi connectivity index (χ4n) is 6.79. The lowest BCUT2D eigenvalue weighted by atomic mass is 10.0. The molecule has 2 saturated heterocycles. The average molecular weight is 614 g/mol. The van der Waals surface area contributed by atoms with Gasteiger partial charge in [0.25, 0.3) is 10.0 Å². The van der Waals surface area contributed by atoms with Crippen LogP contribution in [0.15, 0.2) is 96.0 Å². The molecule has 1 N–H and O–H groups in total. The van der Waals surface area contributed by atoms with E-state index in [1.54, 1.807) is 30.5 Å². The summed E-state index contributed by atoms with van der Waals surface area (Å²) in [6.45, 7) is 9.78. The lowest BCUT2D eigenvalue weighted by molar-refractivity contribution is 0.190. The third-order valence-electron chi connectivity index (χ3n) is 9.36. The van der Waals surface area contributed by atoms with Gasteiger partial charge in [0.05, 0.1) is 10.4 Å². The number of hydrogen-bond acceptors (Lipinski definition) is 6. The molecule has 0 radical (unpaired) electrons. The van der Waals surface area contributed by atoms with Crippen LogP contribution >= 0.6 is 0 Å². The number of nitrogens with zero attached hydrogens (tertiary/aromatic N) is 4. The standard InChI is InChI=1S/C36H47N5O2S/c42-44(43,33-14-7-4-8-15-33)41-25-20-34-35(16-11-17-36(34)41)40-28-26-38(27-29-40)22-10-2-1-9-21-37-32-18-23-39(24-19-32)30-31-12-5-3-6-13-31/h3-8,11-17,20,25,32,37H,1-2,9-10,18-19,21-24,26-30H2. The Balaban J connectivity index is 0.876. The van der Waals surface area contributed by atoms with E-state index in [1.807, 2.05) is 24.3 Å². The molecule has 3 aromatic carbocycles. The Kier molecular flexibility index (Phi) is 10.3. The molecule has 2 aliphatic rings. The van der Waals surface area contributed by atoms with Crippen LogP contribution in [0.3, 0.4) is 0 Å². The quantitative estimate of drug-likeness (QED) is 0.192. The van der Waals surface area contributed by atoms with E-state index >= 15 is 0 Å². The van der Waals surface area contributed by atoms with Crippen LogP contribution in [0.4, 0.5) is 5.69 Å². The van der Waals surface area contributed by atoms with E-state index in [0.717, 1.165) is 62.4 Å². The van der Waals surface area contributed by atoms with Gasteiger partial charge in [-0.25, -0.2) is 12.4 Å². The summed E-state index contributed by atoms with van der Waals surface area (Å²) in [5, 5.41) is 4.81. The number of aromatic nitrogens is 1. The fourth-order valence-corrected chi connectivity index (χ4v) is 8.15. The maximum atomic E-state index is 13.3. The van der Waals surface area contributed by atoms with Crippen molar-refractivity contribution in [3.63, 3.8) is 0 Å². The predicted molar refractivity (Wildman–Crippen MR) is 181 cm³/mol. The summed E-state index contributed by atoms with van der Waals surface area (Å²) in [5.41, 5.74) is 3.28. The monoisotopic (exact) mass is 613 g/mol. The van der Waals surface area contributed by atoms with Gasteiger partial charge in [0.2, 0.25) is 0 Å². The van der Waals surface area contributed by atoms with Crippen LogP contribution in [0.5, 0.6) is 0 Å². The lowest BCUT2D eigenvalue weighted by Crippen LogP contribution is -2.46. The minimum Gasteiger partial charge on any atom is -0.368 e. The number of anilines is 1. The van der Waals surface area contributed by atoms with E-state index in [0.29, 0.717) is 10.9 Å². The number of piperidine rings is 1. The van der Waals surface area contributed by atoms with Gasteiger partial charge in [0, 0.05) is 56.0 Å². The minimum atomic E-state index is -3.63. The van der Waals surface area contributed by atoms with E-state index in [4.69, 9.17) is 0 Å². The second-order valence-electron chi connectivity index (χ2n) is 12.4. The molecule has 44 heavy (non-hydrogen) atoms. The summed E-state index contributed by atoms with van der Waals surface area (Å²) in [5.74, 6) is 0. The maximum Gasteiger partial charge on any atom is 0.268 e. The summed E-state index contributed by atoms with van der Waals surface area (Å²) in [7, 11) is -3.63. The number of fused-ring (bicyclic) bond motifs is 1. The molecule has 0 unspecified atom stereocenters. The molecule has 2 aliphatic heterocycles. The van der Waals surface area contributed by atoms with Crippen LogP contribution in [-0.2, 0) is 16.6 Å². The van der Waals surface area contributed by atoms with E-state index in [9.17, 15) is 8.42 Å². The molecule has 8 heteroatoms. The number of unbranched alkanes of at least 4 members (excludes halogenated alkanes) is 3. The molecule has 1 aromatic heterocycles. The van der Waals surface area contributed by atoms with Crippen molar-refractivity contribution in [3.8, 4) is 0 Å². The Morgan fingerprint density at radius 2 is 1.39 bits per heavy atom. The van der Waals surface area contributed by atoms with Crippen molar-refractivity contribution in [2.75, 3.05) is 57.3 Å². The Hall–Kier alpha value is -3.17. The molecule has 0 aliphatic carbocycles. The predicted octanol–water partition coefficient (Wildman–Crippen LogP) is 5.81. The molecular formula is C36H47N5O2S. The zero-order valence-electron chi connectivity index (χ0n) is 25.9. The molecule has 0 bridgehead atoms. The molecule has 4 aromatic rings. The molecule has 0 saturated carbocycles. The highest BCUT2D eigenvalue weighted by Crippen LogP contribution is 2.31. The first-order valence-electron chi connectivity index (χ1n) is 16.5. The highest BCUT2D eigenvalue weighted by atomic mass is 32.2. The van der Waals surface area contributed by atoms with Crippen molar-refractivity contribution in [1.82, 2.24) is 19.1 Å². The van der Waals surface area contributed by atoms with Crippen molar-refractivity contribution in [2.45, 2.75) is 56.0 Å². The van der Waals surface area contributed by atoms with E-state index in [1.165, 1.54) is 61.2 Å². The second-order valence-corrected chi connectivity index (χ2v) is 14.2. The van der Waals surface area contributed by atoms with Crippen LogP contribution in [0.2, 0.25) is 0 Å². The fraction of sp³-hybridized carbons (Fsp3) is 0.444. The second kappa shape index (κ2) is 14.7. The molecule has 3 heterocycles. The van der Waals surface area contributed by atoms with Crippen LogP contribution in [0.25, 0.3) is 10.9 Å². The number of piperazine rings is 1. The third-order valence-corrected chi connectivity index (χ3v) is 11.1. The molecule has 2 fully saturated rings. The first-order valence-corrected chi connectivity index (χ1v) is 17.9. The van der Waals surface area contributed by atoms with Gasteiger partial charge >= 0.3 is 0 Å². The van der Waals surface area contributed by atoms with Gasteiger partial charge in [0.15, 0.2) is 0 Å².